The third kappa shape index (κ3) is 6.75. The lowest BCUT2D eigenvalue weighted by Gasteiger charge is -2.32. The first kappa shape index (κ1) is 24.2. The Morgan fingerprint density at radius 3 is 2.70 bits per heavy atom. The molecule has 1 saturated heterocycles. The Labute approximate surface area is 192 Å². The maximum atomic E-state index is 14.4. The molecule has 1 amide bonds. The Morgan fingerprint density at radius 2 is 2.06 bits per heavy atom. The van der Waals surface area contributed by atoms with E-state index >= 15 is 0 Å². The lowest BCUT2D eigenvalue weighted by atomic mass is 9.96. The molecule has 11 heteroatoms. The number of ether oxygens (including phenoxy) is 2. The monoisotopic (exact) mass is 459 g/mol. The molecule has 178 valence electrons. The van der Waals surface area contributed by atoms with E-state index in [0.717, 1.165) is 24.2 Å². The molecule has 0 unspecified atom stereocenters. The van der Waals surface area contributed by atoms with Crippen LogP contribution < -0.4 is 21.4 Å². The van der Waals surface area contributed by atoms with Gasteiger partial charge in [0.05, 0.1) is 11.4 Å². The molecule has 1 aromatic heterocycles. The second-order valence-electron chi connectivity index (χ2n) is 8.72. The summed E-state index contributed by atoms with van der Waals surface area (Å²) >= 11 is 0. The van der Waals surface area contributed by atoms with E-state index in [9.17, 15) is 9.18 Å². The van der Waals surface area contributed by atoms with E-state index in [0.29, 0.717) is 30.3 Å². The Balaban J connectivity index is 1.57. The molecule has 1 aliphatic rings. The van der Waals surface area contributed by atoms with Gasteiger partial charge in [-0.1, -0.05) is 0 Å². The molecule has 0 bridgehead atoms. The Morgan fingerprint density at radius 1 is 1.33 bits per heavy atom. The number of halogens is 1. The number of aromatic nitrogens is 2. The summed E-state index contributed by atoms with van der Waals surface area (Å²) in [7, 11) is 0. The van der Waals surface area contributed by atoms with Crippen molar-refractivity contribution < 1.29 is 18.7 Å². The zero-order valence-electron chi connectivity index (χ0n) is 19.1. The molecule has 3 rings (SSSR count). The molecule has 0 atom stereocenters. The van der Waals surface area contributed by atoms with Gasteiger partial charge in [0.1, 0.15) is 24.4 Å². The van der Waals surface area contributed by atoms with Gasteiger partial charge in [-0.3, -0.25) is 5.01 Å². The highest BCUT2D eigenvalue weighted by molar-refractivity contribution is 5.77. The number of anilines is 1. The first-order valence-electron chi connectivity index (χ1n) is 10.7. The Hall–Kier alpha value is -3.47. The van der Waals surface area contributed by atoms with Gasteiger partial charge < -0.3 is 20.2 Å². The van der Waals surface area contributed by atoms with Crippen LogP contribution >= 0.6 is 0 Å². The maximum absolute atomic E-state index is 14.4. The lowest BCUT2D eigenvalue weighted by molar-refractivity contribution is 0.0203. The van der Waals surface area contributed by atoms with Crippen molar-refractivity contribution in [3.05, 3.63) is 47.8 Å². The number of hydrogen-bond donors (Lipinski definition) is 2. The quantitative estimate of drug-likeness (QED) is 0.292. The molecule has 2 heterocycles. The second-order valence-corrected chi connectivity index (χ2v) is 8.72. The average Bonchev–Trinajstić information content (AvgIpc) is 2.77. The summed E-state index contributed by atoms with van der Waals surface area (Å²) in [6, 6.07) is 6.01. The topological polar surface area (TPSA) is 132 Å². The highest BCUT2D eigenvalue weighted by Crippen LogP contribution is 2.27. The lowest BCUT2D eigenvalue weighted by Crippen LogP contribution is -2.41. The number of carbonyl (C=O) groups is 1. The molecule has 0 aliphatic carbocycles. The first-order valence-corrected chi connectivity index (χ1v) is 10.7. The van der Waals surface area contributed by atoms with Crippen molar-refractivity contribution in [1.29, 1.82) is 0 Å². The molecule has 4 N–H and O–H groups in total. The van der Waals surface area contributed by atoms with E-state index in [4.69, 9.17) is 21.2 Å². The standard InChI is InChI=1S/C22H30FN7O3/c1-22(2,3)33-21(31)29-10-7-15(8-11-29)20-26-9-6-16(28-20)13-32-19-5-4-17(12-18(19)23)30(25)14-27-24/h4-6,9,12,14-15H,7-8,10-11,13,24-25H2,1-3H3/b27-14-. The van der Waals surface area contributed by atoms with Crippen LogP contribution in [0.1, 0.15) is 51.0 Å². The fraction of sp³-hybridized carbons (Fsp3) is 0.455. The fourth-order valence-electron chi connectivity index (χ4n) is 3.39. The second kappa shape index (κ2) is 10.4. The highest BCUT2D eigenvalue weighted by atomic mass is 19.1. The third-order valence-electron chi connectivity index (χ3n) is 5.02. The molecule has 1 aliphatic heterocycles. The molecule has 0 spiro atoms. The number of hydrogen-bond acceptors (Lipinski definition) is 8. The van der Waals surface area contributed by atoms with Gasteiger partial charge in [0.25, 0.3) is 0 Å². The number of carbonyl (C=O) groups excluding carboxylic acids is 1. The predicted molar refractivity (Wildman–Crippen MR) is 122 cm³/mol. The van der Waals surface area contributed by atoms with E-state index in [-0.39, 0.29) is 24.4 Å². The van der Waals surface area contributed by atoms with Crippen molar-refractivity contribution in [3.63, 3.8) is 0 Å². The number of amides is 1. The minimum absolute atomic E-state index is 0.0719. The summed E-state index contributed by atoms with van der Waals surface area (Å²) in [6.07, 6.45) is 4.00. The molecular weight excluding hydrogens is 429 g/mol. The van der Waals surface area contributed by atoms with E-state index in [1.807, 2.05) is 20.8 Å². The van der Waals surface area contributed by atoms with Crippen molar-refractivity contribution in [1.82, 2.24) is 14.9 Å². The number of hydrazine groups is 1. The van der Waals surface area contributed by atoms with Crippen LogP contribution in [0.15, 0.2) is 35.6 Å². The molecule has 2 aromatic rings. The van der Waals surface area contributed by atoms with Crippen molar-refractivity contribution in [2.75, 3.05) is 18.1 Å². The smallest absolute Gasteiger partial charge is 0.410 e. The van der Waals surface area contributed by atoms with Crippen molar-refractivity contribution >= 4 is 18.1 Å². The first-order chi connectivity index (χ1) is 15.7. The van der Waals surface area contributed by atoms with Crippen LogP contribution in [0, 0.1) is 5.82 Å². The Bertz CT molecular complexity index is 988. The van der Waals surface area contributed by atoms with Gasteiger partial charge in [0.2, 0.25) is 0 Å². The van der Waals surface area contributed by atoms with Crippen LogP contribution in [-0.2, 0) is 11.3 Å². The number of rotatable bonds is 6. The van der Waals surface area contributed by atoms with Crippen LogP contribution in [0.25, 0.3) is 0 Å². The maximum Gasteiger partial charge on any atom is 0.410 e. The molecular formula is C22H30FN7O3. The zero-order valence-corrected chi connectivity index (χ0v) is 19.1. The summed E-state index contributed by atoms with van der Waals surface area (Å²) in [5, 5.41) is 4.39. The van der Waals surface area contributed by atoms with Gasteiger partial charge in [0, 0.05) is 31.3 Å². The van der Waals surface area contributed by atoms with Crippen molar-refractivity contribution in [3.8, 4) is 5.75 Å². The summed E-state index contributed by atoms with van der Waals surface area (Å²) in [4.78, 5) is 22.9. The van der Waals surface area contributed by atoms with Gasteiger partial charge in [-0.25, -0.2) is 25.0 Å². The SMILES string of the molecule is CC(C)(C)OC(=O)N1CCC(c2nccc(COc3ccc(N(N)/C=N\N)cc3F)n2)CC1. The van der Waals surface area contributed by atoms with Gasteiger partial charge in [0.15, 0.2) is 11.6 Å². The van der Waals surface area contributed by atoms with Crippen LogP contribution in [0.4, 0.5) is 14.9 Å². The highest BCUT2D eigenvalue weighted by Gasteiger charge is 2.28. The molecule has 10 nitrogen and oxygen atoms in total. The number of piperidine rings is 1. The number of likely N-dealkylation sites (tertiary alicyclic amines) is 1. The summed E-state index contributed by atoms with van der Waals surface area (Å²) in [6.45, 7) is 6.79. The molecule has 0 saturated carbocycles. The minimum Gasteiger partial charge on any atom is -0.484 e. The normalized spacial score (nSPS) is 15.0. The fourth-order valence-corrected chi connectivity index (χ4v) is 3.39. The summed E-state index contributed by atoms with van der Waals surface area (Å²) in [5.74, 6) is 11.0. The third-order valence-corrected chi connectivity index (χ3v) is 5.02. The average molecular weight is 460 g/mol. The van der Waals surface area contributed by atoms with Gasteiger partial charge in [-0.05, 0) is 51.8 Å². The van der Waals surface area contributed by atoms with Crippen molar-refractivity contribution in [2.45, 2.75) is 51.7 Å². The predicted octanol–water partition coefficient (Wildman–Crippen LogP) is 2.89. The molecule has 1 fully saturated rings. The number of nitrogens with zero attached hydrogens (tertiary/aromatic N) is 5. The van der Waals surface area contributed by atoms with Gasteiger partial charge >= 0.3 is 6.09 Å². The van der Waals surface area contributed by atoms with Crippen LogP contribution in [-0.4, -0.2) is 46.0 Å². The van der Waals surface area contributed by atoms with E-state index in [1.165, 1.54) is 12.1 Å². The summed E-state index contributed by atoms with van der Waals surface area (Å²) < 4.78 is 25.4. The Kier molecular flexibility index (Phi) is 7.64. The van der Waals surface area contributed by atoms with Gasteiger partial charge in [-0.15, -0.1) is 0 Å². The van der Waals surface area contributed by atoms with E-state index < -0.39 is 11.4 Å². The van der Waals surface area contributed by atoms with Crippen LogP contribution in [0.3, 0.4) is 0 Å². The summed E-state index contributed by atoms with van der Waals surface area (Å²) in [5.41, 5.74) is 0.484. The van der Waals surface area contributed by atoms with Gasteiger partial charge in [-0.2, -0.15) is 5.10 Å². The van der Waals surface area contributed by atoms with Crippen LogP contribution in [0.2, 0.25) is 0 Å². The minimum atomic E-state index is -0.572. The largest absolute Gasteiger partial charge is 0.484 e. The number of hydrazone groups is 1. The number of benzene rings is 1. The van der Waals surface area contributed by atoms with Crippen LogP contribution in [0.5, 0.6) is 5.75 Å². The number of nitrogens with two attached hydrogens (primary N) is 2. The van der Waals surface area contributed by atoms with E-state index in [1.54, 1.807) is 23.2 Å². The molecule has 1 aromatic carbocycles. The molecule has 33 heavy (non-hydrogen) atoms. The van der Waals surface area contributed by atoms with Crippen molar-refractivity contribution in [2.24, 2.45) is 16.8 Å². The zero-order chi connectivity index (χ0) is 24.0. The molecule has 0 radical (unpaired) electrons. The van der Waals surface area contributed by atoms with E-state index in [2.05, 4.69) is 15.1 Å².